The van der Waals surface area contributed by atoms with E-state index in [0.29, 0.717) is 5.75 Å². The molecule has 0 saturated heterocycles. The third kappa shape index (κ3) is 3.55. The largest absolute Gasteiger partial charge is 0.326 e. The van der Waals surface area contributed by atoms with Gasteiger partial charge in [-0.05, 0) is 24.3 Å². The lowest BCUT2D eigenvalue weighted by molar-refractivity contribution is -0.114. The van der Waals surface area contributed by atoms with Crippen molar-refractivity contribution < 1.29 is 4.79 Å². The minimum atomic E-state index is -0.0702. The van der Waals surface area contributed by atoms with Gasteiger partial charge in [-0.25, -0.2) is 0 Å². The number of carbonyl (C=O) groups excluding carboxylic acids is 1. The minimum absolute atomic E-state index is 0.0702. The van der Waals surface area contributed by atoms with Crippen LogP contribution in [0.2, 0.25) is 0 Å². The second-order valence-electron chi connectivity index (χ2n) is 2.72. The van der Waals surface area contributed by atoms with Gasteiger partial charge in [-0.1, -0.05) is 11.8 Å². The van der Waals surface area contributed by atoms with Crippen LogP contribution in [0.15, 0.2) is 24.3 Å². The summed E-state index contributed by atoms with van der Waals surface area (Å²) in [5.41, 5.74) is 1.71. The van der Waals surface area contributed by atoms with Gasteiger partial charge in [-0.3, -0.25) is 4.79 Å². The van der Waals surface area contributed by atoms with Crippen molar-refractivity contribution in [1.82, 2.24) is 0 Å². The van der Waals surface area contributed by atoms with Crippen LogP contribution in [0.3, 0.4) is 0 Å². The van der Waals surface area contributed by atoms with E-state index < -0.39 is 0 Å². The highest BCUT2D eigenvalue weighted by Gasteiger charge is 1.93. The highest BCUT2D eigenvalue weighted by Crippen LogP contribution is 2.08. The lowest BCUT2D eigenvalue weighted by Gasteiger charge is -2.00. The van der Waals surface area contributed by atoms with Crippen molar-refractivity contribution in [3.63, 3.8) is 0 Å². The summed E-state index contributed by atoms with van der Waals surface area (Å²) in [5, 5.41) is 2.69. The highest BCUT2D eigenvalue weighted by atomic mass is 32.1. The highest BCUT2D eigenvalue weighted by molar-refractivity contribution is 7.80. The van der Waals surface area contributed by atoms with Crippen LogP contribution in [0.25, 0.3) is 0 Å². The fourth-order valence-electron chi connectivity index (χ4n) is 0.982. The molecule has 0 aromatic heterocycles. The molecule has 3 heteroatoms. The molecule has 1 aromatic rings. The summed E-state index contributed by atoms with van der Waals surface area (Å²) in [4.78, 5) is 10.7. The first kappa shape index (κ1) is 10.7. The summed E-state index contributed by atoms with van der Waals surface area (Å²) < 4.78 is 0. The molecule has 2 nitrogen and oxygen atoms in total. The van der Waals surface area contributed by atoms with Gasteiger partial charge in [0, 0.05) is 18.2 Å². The molecular formula is C11H11NOS. The molecule has 1 aromatic carbocycles. The Morgan fingerprint density at radius 3 is 2.57 bits per heavy atom. The van der Waals surface area contributed by atoms with Gasteiger partial charge in [-0.2, -0.15) is 12.6 Å². The normalized spacial score (nSPS) is 8.71. The number of rotatable bonds is 1. The molecule has 0 aliphatic carbocycles. The molecule has 1 N–H and O–H groups in total. The number of nitrogens with one attached hydrogen (secondary N) is 1. The molecule has 0 aliphatic heterocycles. The van der Waals surface area contributed by atoms with E-state index >= 15 is 0 Å². The topological polar surface area (TPSA) is 29.1 Å². The molecule has 0 radical (unpaired) electrons. The molecule has 0 heterocycles. The van der Waals surface area contributed by atoms with E-state index in [0.717, 1.165) is 11.3 Å². The monoisotopic (exact) mass is 205 g/mol. The van der Waals surface area contributed by atoms with E-state index in [2.05, 4.69) is 29.8 Å². The first-order chi connectivity index (χ1) is 6.72. The second-order valence-corrected chi connectivity index (χ2v) is 3.03. The summed E-state index contributed by atoms with van der Waals surface area (Å²) in [6.07, 6.45) is 0. The maximum atomic E-state index is 10.7. The Morgan fingerprint density at radius 2 is 2.07 bits per heavy atom. The van der Waals surface area contributed by atoms with Crippen molar-refractivity contribution in [2.75, 3.05) is 11.1 Å². The first-order valence-corrected chi connectivity index (χ1v) is 4.83. The number of thiol groups is 1. The van der Waals surface area contributed by atoms with E-state index in [4.69, 9.17) is 0 Å². The van der Waals surface area contributed by atoms with Crippen LogP contribution in [0, 0.1) is 11.8 Å². The number of hydrogen-bond donors (Lipinski definition) is 2. The molecule has 14 heavy (non-hydrogen) atoms. The third-order valence-electron chi connectivity index (χ3n) is 1.52. The number of hydrogen-bond acceptors (Lipinski definition) is 2. The van der Waals surface area contributed by atoms with Crippen LogP contribution in [0.4, 0.5) is 5.69 Å². The first-order valence-electron chi connectivity index (χ1n) is 4.20. The summed E-state index contributed by atoms with van der Waals surface area (Å²) in [6, 6.07) is 7.37. The standard InChI is InChI=1S/C11H11NOS/c1-9(13)12-11-6-4-10(5-7-11)3-2-8-14/h4-7,14H,8H2,1H3,(H,12,13). The minimum Gasteiger partial charge on any atom is -0.326 e. The van der Waals surface area contributed by atoms with Crippen molar-refractivity contribution >= 4 is 24.2 Å². The van der Waals surface area contributed by atoms with Crippen molar-refractivity contribution in [3.8, 4) is 11.8 Å². The number of anilines is 1. The summed E-state index contributed by atoms with van der Waals surface area (Å²) >= 11 is 3.99. The van der Waals surface area contributed by atoms with Crippen LogP contribution in [-0.2, 0) is 4.79 Å². The third-order valence-corrected chi connectivity index (χ3v) is 1.68. The summed E-state index contributed by atoms with van der Waals surface area (Å²) in [7, 11) is 0. The van der Waals surface area contributed by atoms with E-state index in [-0.39, 0.29) is 5.91 Å². The van der Waals surface area contributed by atoms with Crippen LogP contribution in [0.1, 0.15) is 12.5 Å². The molecule has 1 rings (SSSR count). The fourth-order valence-corrected chi connectivity index (χ4v) is 1.06. The molecular weight excluding hydrogens is 194 g/mol. The smallest absolute Gasteiger partial charge is 0.221 e. The molecule has 0 aliphatic rings. The zero-order valence-corrected chi connectivity index (χ0v) is 8.77. The fraction of sp³-hybridized carbons (Fsp3) is 0.182. The van der Waals surface area contributed by atoms with Gasteiger partial charge in [0.1, 0.15) is 0 Å². The van der Waals surface area contributed by atoms with Crippen molar-refractivity contribution in [2.24, 2.45) is 0 Å². The number of amides is 1. The maximum absolute atomic E-state index is 10.7. The molecule has 0 atom stereocenters. The zero-order chi connectivity index (χ0) is 10.4. The Morgan fingerprint density at radius 1 is 1.43 bits per heavy atom. The SMILES string of the molecule is CC(=O)Nc1ccc(C#CCS)cc1. The molecule has 0 saturated carbocycles. The molecule has 72 valence electrons. The lowest BCUT2D eigenvalue weighted by Crippen LogP contribution is -2.05. The Kier molecular flexibility index (Phi) is 4.09. The summed E-state index contributed by atoms with van der Waals surface area (Å²) in [6.45, 7) is 1.48. The average Bonchev–Trinajstić information content (AvgIpc) is 2.16. The Balaban J connectivity index is 2.73. The van der Waals surface area contributed by atoms with E-state index in [1.165, 1.54) is 6.92 Å². The predicted octanol–water partition coefficient (Wildman–Crippen LogP) is 1.93. The molecule has 0 spiro atoms. The van der Waals surface area contributed by atoms with Gasteiger partial charge in [0.15, 0.2) is 0 Å². The van der Waals surface area contributed by atoms with Crippen LogP contribution in [-0.4, -0.2) is 11.7 Å². The van der Waals surface area contributed by atoms with Gasteiger partial charge in [-0.15, -0.1) is 0 Å². The van der Waals surface area contributed by atoms with E-state index in [1.54, 1.807) is 0 Å². The van der Waals surface area contributed by atoms with Crippen molar-refractivity contribution in [3.05, 3.63) is 29.8 Å². The molecule has 0 unspecified atom stereocenters. The zero-order valence-electron chi connectivity index (χ0n) is 7.87. The Hall–Kier alpha value is -1.40. The van der Waals surface area contributed by atoms with Gasteiger partial charge in [0.05, 0.1) is 5.75 Å². The predicted molar refractivity (Wildman–Crippen MR) is 61.5 cm³/mol. The number of benzene rings is 1. The van der Waals surface area contributed by atoms with Gasteiger partial charge in [0.25, 0.3) is 0 Å². The van der Waals surface area contributed by atoms with E-state index in [1.807, 2.05) is 24.3 Å². The quantitative estimate of drug-likeness (QED) is 0.532. The van der Waals surface area contributed by atoms with Gasteiger partial charge < -0.3 is 5.32 Å². The molecule has 0 fully saturated rings. The summed E-state index contributed by atoms with van der Waals surface area (Å²) in [5.74, 6) is 6.27. The Labute approximate surface area is 89.1 Å². The Bertz CT molecular complexity index is 373. The molecule has 0 bridgehead atoms. The van der Waals surface area contributed by atoms with Gasteiger partial charge >= 0.3 is 0 Å². The van der Waals surface area contributed by atoms with Crippen molar-refractivity contribution in [2.45, 2.75) is 6.92 Å². The van der Waals surface area contributed by atoms with Gasteiger partial charge in [0.2, 0.25) is 5.91 Å². The maximum Gasteiger partial charge on any atom is 0.221 e. The van der Waals surface area contributed by atoms with Crippen LogP contribution < -0.4 is 5.32 Å². The second kappa shape index (κ2) is 5.36. The molecule has 1 amide bonds. The average molecular weight is 205 g/mol. The van der Waals surface area contributed by atoms with Crippen LogP contribution >= 0.6 is 12.6 Å². The number of carbonyl (C=O) groups is 1. The van der Waals surface area contributed by atoms with E-state index in [9.17, 15) is 4.79 Å². The van der Waals surface area contributed by atoms with Crippen LogP contribution in [0.5, 0.6) is 0 Å². The lowest BCUT2D eigenvalue weighted by atomic mass is 10.2. The van der Waals surface area contributed by atoms with Crippen molar-refractivity contribution in [1.29, 1.82) is 0 Å².